The Kier molecular flexibility index (Phi) is 2.24. The van der Waals surface area contributed by atoms with Crippen LogP contribution in [0.3, 0.4) is 0 Å². The van der Waals surface area contributed by atoms with E-state index in [0.29, 0.717) is 17.0 Å². The van der Waals surface area contributed by atoms with Crippen molar-refractivity contribution in [1.82, 2.24) is 15.2 Å². The summed E-state index contributed by atoms with van der Waals surface area (Å²) in [5.41, 5.74) is 1.74. The molecule has 2 heterocycles. The van der Waals surface area contributed by atoms with E-state index in [1.165, 1.54) is 12.3 Å². The van der Waals surface area contributed by atoms with Gasteiger partial charge in [-0.15, -0.1) is 0 Å². The molecule has 5 heteroatoms. The molecule has 2 aromatic rings. The Morgan fingerprint density at radius 1 is 1.36 bits per heavy atom. The molecule has 0 saturated carbocycles. The van der Waals surface area contributed by atoms with Crippen molar-refractivity contribution in [1.29, 1.82) is 0 Å². The predicted octanol–water partition coefficient (Wildman–Crippen LogP) is 1.10. The van der Waals surface area contributed by atoms with E-state index in [-0.39, 0.29) is 6.61 Å². The van der Waals surface area contributed by atoms with Gasteiger partial charge in [0.15, 0.2) is 0 Å². The highest BCUT2D eigenvalue weighted by Gasteiger charge is 2.04. The molecule has 0 aliphatic carbocycles. The quantitative estimate of drug-likeness (QED) is 0.750. The largest absolute Gasteiger partial charge is 0.390 e. The minimum atomic E-state index is -0.406. The van der Waals surface area contributed by atoms with Gasteiger partial charge in [-0.1, -0.05) is 0 Å². The Labute approximate surface area is 79.4 Å². The Hall–Kier alpha value is -1.75. The maximum Gasteiger partial charge on any atom is 0.142 e. The summed E-state index contributed by atoms with van der Waals surface area (Å²) in [5.74, 6) is -0.406. The van der Waals surface area contributed by atoms with Gasteiger partial charge in [0.1, 0.15) is 5.82 Å². The van der Waals surface area contributed by atoms with E-state index in [1.54, 1.807) is 6.07 Å². The van der Waals surface area contributed by atoms with E-state index >= 15 is 0 Å². The van der Waals surface area contributed by atoms with Gasteiger partial charge in [0, 0.05) is 11.8 Å². The zero-order chi connectivity index (χ0) is 9.97. The average Bonchev–Trinajstić information content (AvgIpc) is 2.66. The van der Waals surface area contributed by atoms with Crippen LogP contribution in [0.2, 0.25) is 0 Å². The molecule has 0 aliphatic heterocycles. The minimum absolute atomic E-state index is 0.115. The number of aliphatic hydroxyl groups is 1. The summed E-state index contributed by atoms with van der Waals surface area (Å²) in [6.07, 6.45) is 2.64. The number of aliphatic hydroxyl groups excluding tert-OH is 1. The molecule has 2 aromatic heterocycles. The lowest BCUT2D eigenvalue weighted by molar-refractivity contribution is 0.276. The van der Waals surface area contributed by atoms with E-state index in [4.69, 9.17) is 5.11 Å². The van der Waals surface area contributed by atoms with Crippen LogP contribution in [0.4, 0.5) is 4.39 Å². The fraction of sp³-hybridized carbons (Fsp3) is 0.111. The van der Waals surface area contributed by atoms with E-state index < -0.39 is 5.82 Å². The molecule has 2 N–H and O–H groups in total. The van der Waals surface area contributed by atoms with Crippen molar-refractivity contribution in [3.8, 4) is 11.3 Å². The minimum Gasteiger partial charge on any atom is -0.390 e. The third-order valence-corrected chi connectivity index (χ3v) is 1.80. The lowest BCUT2D eigenvalue weighted by Gasteiger charge is -1.93. The first-order chi connectivity index (χ1) is 6.79. The third-order valence-electron chi connectivity index (χ3n) is 1.80. The molecular weight excluding hydrogens is 185 g/mol. The zero-order valence-corrected chi connectivity index (χ0v) is 7.24. The molecule has 0 bridgehead atoms. The topological polar surface area (TPSA) is 61.8 Å². The van der Waals surface area contributed by atoms with Crippen molar-refractivity contribution >= 4 is 0 Å². The number of pyridine rings is 1. The lowest BCUT2D eigenvalue weighted by atomic mass is 10.2. The standard InChI is InChI=1S/C9H8FN3O/c10-7-1-6(3-11-4-7)9-2-8(5-14)12-13-9/h1-4,14H,5H2,(H,12,13). The Bertz CT molecular complexity index is 441. The highest BCUT2D eigenvalue weighted by atomic mass is 19.1. The van der Waals surface area contributed by atoms with E-state index in [0.717, 1.165) is 6.20 Å². The highest BCUT2D eigenvalue weighted by molar-refractivity contribution is 5.57. The van der Waals surface area contributed by atoms with Crippen molar-refractivity contribution in [2.45, 2.75) is 6.61 Å². The van der Waals surface area contributed by atoms with Crippen LogP contribution in [-0.2, 0) is 6.61 Å². The molecule has 0 amide bonds. The molecule has 4 nitrogen and oxygen atoms in total. The van der Waals surface area contributed by atoms with Crippen LogP contribution in [0.15, 0.2) is 24.5 Å². The van der Waals surface area contributed by atoms with Gasteiger partial charge in [-0.25, -0.2) is 4.39 Å². The number of H-pyrrole nitrogens is 1. The average molecular weight is 193 g/mol. The Balaban J connectivity index is 2.39. The van der Waals surface area contributed by atoms with Crippen LogP contribution in [0.1, 0.15) is 5.69 Å². The van der Waals surface area contributed by atoms with Crippen LogP contribution in [0.5, 0.6) is 0 Å². The number of halogens is 1. The monoisotopic (exact) mass is 193 g/mol. The van der Waals surface area contributed by atoms with E-state index in [2.05, 4.69) is 15.2 Å². The van der Waals surface area contributed by atoms with Gasteiger partial charge in [0.25, 0.3) is 0 Å². The summed E-state index contributed by atoms with van der Waals surface area (Å²) in [6, 6.07) is 2.99. The molecule has 72 valence electrons. The second-order valence-corrected chi connectivity index (χ2v) is 2.83. The van der Waals surface area contributed by atoms with Gasteiger partial charge in [0.05, 0.1) is 24.2 Å². The molecule has 2 rings (SSSR count). The van der Waals surface area contributed by atoms with Gasteiger partial charge < -0.3 is 5.11 Å². The van der Waals surface area contributed by atoms with E-state index in [9.17, 15) is 4.39 Å². The number of hydrogen-bond acceptors (Lipinski definition) is 3. The van der Waals surface area contributed by atoms with Crippen LogP contribution in [0, 0.1) is 5.82 Å². The van der Waals surface area contributed by atoms with Gasteiger partial charge in [-0.3, -0.25) is 10.1 Å². The zero-order valence-electron chi connectivity index (χ0n) is 7.24. The molecule has 0 spiro atoms. The van der Waals surface area contributed by atoms with Gasteiger partial charge in [-0.2, -0.15) is 5.10 Å². The number of hydrogen-bond donors (Lipinski definition) is 2. The fourth-order valence-corrected chi connectivity index (χ4v) is 1.14. The third kappa shape index (κ3) is 1.62. The second kappa shape index (κ2) is 3.55. The second-order valence-electron chi connectivity index (χ2n) is 2.83. The van der Waals surface area contributed by atoms with Crippen LogP contribution < -0.4 is 0 Å². The van der Waals surface area contributed by atoms with Crippen molar-refractivity contribution in [3.63, 3.8) is 0 Å². The van der Waals surface area contributed by atoms with Gasteiger partial charge >= 0.3 is 0 Å². The smallest absolute Gasteiger partial charge is 0.142 e. The van der Waals surface area contributed by atoms with Gasteiger partial charge in [0.2, 0.25) is 0 Å². The summed E-state index contributed by atoms with van der Waals surface area (Å²) in [4.78, 5) is 3.70. The first-order valence-corrected chi connectivity index (χ1v) is 4.05. The first kappa shape index (κ1) is 8.83. The number of nitrogens with one attached hydrogen (secondary N) is 1. The molecule has 14 heavy (non-hydrogen) atoms. The molecule has 0 aliphatic rings. The highest BCUT2D eigenvalue weighted by Crippen LogP contribution is 2.16. The summed E-state index contributed by atoms with van der Waals surface area (Å²) >= 11 is 0. The van der Waals surface area contributed by atoms with Gasteiger partial charge in [-0.05, 0) is 12.1 Å². The normalized spacial score (nSPS) is 10.4. The number of rotatable bonds is 2. The summed E-state index contributed by atoms with van der Waals surface area (Å²) in [7, 11) is 0. The lowest BCUT2D eigenvalue weighted by Crippen LogP contribution is -1.82. The summed E-state index contributed by atoms with van der Waals surface area (Å²) < 4.78 is 12.8. The molecule has 0 radical (unpaired) electrons. The van der Waals surface area contributed by atoms with Crippen LogP contribution >= 0.6 is 0 Å². The maximum absolute atomic E-state index is 12.8. The maximum atomic E-state index is 12.8. The Morgan fingerprint density at radius 2 is 2.21 bits per heavy atom. The number of aromatic nitrogens is 3. The fourth-order valence-electron chi connectivity index (χ4n) is 1.14. The van der Waals surface area contributed by atoms with Crippen LogP contribution in [0.25, 0.3) is 11.3 Å². The van der Waals surface area contributed by atoms with E-state index in [1.807, 2.05) is 0 Å². The molecule has 0 aromatic carbocycles. The van der Waals surface area contributed by atoms with Crippen molar-refractivity contribution in [2.24, 2.45) is 0 Å². The predicted molar refractivity (Wildman–Crippen MR) is 47.7 cm³/mol. The number of aromatic amines is 1. The molecular formula is C9H8FN3O. The molecule has 0 saturated heterocycles. The van der Waals surface area contributed by atoms with Crippen molar-refractivity contribution in [3.05, 3.63) is 36.0 Å². The molecule has 0 fully saturated rings. The summed E-state index contributed by atoms with van der Waals surface area (Å²) in [5, 5.41) is 15.3. The van der Waals surface area contributed by atoms with Crippen LogP contribution in [-0.4, -0.2) is 20.3 Å². The number of nitrogens with zero attached hydrogens (tertiary/aromatic N) is 2. The SMILES string of the molecule is OCc1cc(-c2cncc(F)c2)n[nH]1. The molecule has 0 unspecified atom stereocenters. The first-order valence-electron chi connectivity index (χ1n) is 4.05. The molecule has 0 atom stereocenters. The van der Waals surface area contributed by atoms with Crippen molar-refractivity contribution < 1.29 is 9.50 Å². The Morgan fingerprint density at radius 3 is 2.86 bits per heavy atom. The van der Waals surface area contributed by atoms with Crippen molar-refractivity contribution in [2.75, 3.05) is 0 Å². The summed E-state index contributed by atoms with van der Waals surface area (Å²) in [6.45, 7) is -0.115.